The van der Waals surface area contributed by atoms with E-state index in [2.05, 4.69) is 5.32 Å². The lowest BCUT2D eigenvalue weighted by molar-refractivity contribution is 0.469. The van der Waals surface area contributed by atoms with E-state index in [1.165, 1.54) is 24.3 Å². The van der Waals surface area contributed by atoms with Crippen molar-refractivity contribution in [3.63, 3.8) is 0 Å². The SMILES string of the molecule is Oc1c(Cl)cc(Cl)cc1CNc1ccc(F)cc1Cl. The van der Waals surface area contributed by atoms with Crippen LogP contribution in [0.4, 0.5) is 10.1 Å². The van der Waals surface area contributed by atoms with E-state index in [4.69, 9.17) is 34.8 Å². The van der Waals surface area contributed by atoms with Gasteiger partial charge in [0.1, 0.15) is 11.6 Å². The fourth-order valence-corrected chi connectivity index (χ4v) is 2.35. The third-order valence-corrected chi connectivity index (χ3v) is 3.33. The summed E-state index contributed by atoms with van der Waals surface area (Å²) in [5, 5.41) is 13.6. The first-order valence-electron chi connectivity index (χ1n) is 5.33. The second kappa shape index (κ2) is 5.87. The highest BCUT2D eigenvalue weighted by molar-refractivity contribution is 6.35. The molecule has 0 aliphatic carbocycles. The maximum Gasteiger partial charge on any atom is 0.139 e. The van der Waals surface area contributed by atoms with Gasteiger partial charge in [-0.05, 0) is 30.3 Å². The van der Waals surface area contributed by atoms with Crippen molar-refractivity contribution in [2.45, 2.75) is 6.54 Å². The van der Waals surface area contributed by atoms with Crippen LogP contribution in [0.15, 0.2) is 30.3 Å². The summed E-state index contributed by atoms with van der Waals surface area (Å²) in [5.74, 6) is -0.457. The standard InChI is InChI=1S/C13H9Cl3FNO/c14-8-3-7(13(19)11(16)4-8)6-18-12-2-1-9(17)5-10(12)15/h1-5,18-19H,6H2. The molecule has 0 bridgehead atoms. The highest BCUT2D eigenvalue weighted by Gasteiger charge is 2.09. The molecule has 2 rings (SSSR count). The topological polar surface area (TPSA) is 32.3 Å². The number of hydrogen-bond donors (Lipinski definition) is 2. The lowest BCUT2D eigenvalue weighted by Gasteiger charge is -2.11. The van der Waals surface area contributed by atoms with Crippen molar-refractivity contribution < 1.29 is 9.50 Å². The predicted octanol–water partition coefficient (Wildman–Crippen LogP) is 5.10. The fourth-order valence-electron chi connectivity index (χ4n) is 1.58. The number of phenolic OH excluding ortho intramolecular Hbond substituents is 1. The normalized spacial score (nSPS) is 10.5. The molecule has 19 heavy (non-hydrogen) atoms. The predicted molar refractivity (Wildman–Crippen MR) is 76.9 cm³/mol. The molecule has 0 fully saturated rings. The molecule has 2 N–H and O–H groups in total. The Balaban J connectivity index is 2.19. The number of phenols is 1. The number of halogens is 4. The maximum absolute atomic E-state index is 12.9. The number of anilines is 1. The lowest BCUT2D eigenvalue weighted by Crippen LogP contribution is -2.00. The Morgan fingerprint density at radius 2 is 1.79 bits per heavy atom. The summed E-state index contributed by atoms with van der Waals surface area (Å²) in [7, 11) is 0. The fraction of sp³-hybridized carbons (Fsp3) is 0.0769. The second-order valence-electron chi connectivity index (χ2n) is 3.87. The molecule has 0 radical (unpaired) electrons. The summed E-state index contributed by atoms with van der Waals surface area (Å²) in [5.41, 5.74) is 1.08. The van der Waals surface area contributed by atoms with Crippen molar-refractivity contribution in [3.05, 3.63) is 56.8 Å². The average molecular weight is 321 g/mol. The van der Waals surface area contributed by atoms with E-state index >= 15 is 0 Å². The van der Waals surface area contributed by atoms with Gasteiger partial charge in [0.2, 0.25) is 0 Å². The van der Waals surface area contributed by atoms with E-state index in [0.717, 1.165) is 0 Å². The Morgan fingerprint density at radius 3 is 2.47 bits per heavy atom. The van der Waals surface area contributed by atoms with Crippen LogP contribution in [0, 0.1) is 5.82 Å². The summed E-state index contributed by atoms with van der Waals surface area (Å²) in [6, 6.07) is 7.05. The van der Waals surface area contributed by atoms with Gasteiger partial charge in [-0.3, -0.25) is 0 Å². The average Bonchev–Trinajstić information content (AvgIpc) is 2.33. The highest BCUT2D eigenvalue weighted by atomic mass is 35.5. The molecule has 2 aromatic carbocycles. The minimum Gasteiger partial charge on any atom is -0.506 e. The van der Waals surface area contributed by atoms with Gasteiger partial charge in [-0.1, -0.05) is 34.8 Å². The van der Waals surface area contributed by atoms with Crippen LogP contribution in [0.5, 0.6) is 5.75 Å². The molecule has 0 saturated carbocycles. The van der Waals surface area contributed by atoms with Gasteiger partial charge in [0, 0.05) is 17.1 Å². The van der Waals surface area contributed by atoms with Gasteiger partial charge in [-0.2, -0.15) is 0 Å². The van der Waals surface area contributed by atoms with Gasteiger partial charge in [-0.15, -0.1) is 0 Å². The Hall–Kier alpha value is -1.16. The monoisotopic (exact) mass is 319 g/mol. The number of benzene rings is 2. The summed E-state index contributed by atoms with van der Waals surface area (Å²) in [6.07, 6.45) is 0. The molecule has 0 saturated heterocycles. The van der Waals surface area contributed by atoms with E-state index in [-0.39, 0.29) is 22.3 Å². The molecule has 0 aliphatic rings. The molecule has 0 unspecified atom stereocenters. The Labute approximate surface area is 124 Å². The zero-order chi connectivity index (χ0) is 14.0. The molecule has 0 atom stereocenters. The molecule has 2 nitrogen and oxygen atoms in total. The summed E-state index contributed by atoms with van der Waals surface area (Å²) < 4.78 is 12.9. The number of nitrogens with one attached hydrogen (secondary N) is 1. The van der Waals surface area contributed by atoms with Crippen LogP contribution in [-0.4, -0.2) is 5.11 Å². The van der Waals surface area contributed by atoms with Crippen LogP contribution in [0.25, 0.3) is 0 Å². The van der Waals surface area contributed by atoms with Crippen LogP contribution < -0.4 is 5.32 Å². The first kappa shape index (κ1) is 14.3. The largest absolute Gasteiger partial charge is 0.506 e. The van der Waals surface area contributed by atoms with Gasteiger partial charge in [0.05, 0.1) is 15.7 Å². The van der Waals surface area contributed by atoms with Gasteiger partial charge in [0.15, 0.2) is 0 Å². The molecule has 2 aromatic rings. The van der Waals surface area contributed by atoms with E-state index in [0.29, 0.717) is 16.3 Å². The minimum atomic E-state index is -0.413. The first-order chi connectivity index (χ1) is 8.97. The molecule has 6 heteroatoms. The van der Waals surface area contributed by atoms with E-state index < -0.39 is 5.82 Å². The van der Waals surface area contributed by atoms with E-state index in [9.17, 15) is 9.50 Å². The Bertz CT molecular complexity index is 619. The maximum atomic E-state index is 12.9. The van der Waals surface area contributed by atoms with Gasteiger partial charge in [0.25, 0.3) is 0 Å². The Morgan fingerprint density at radius 1 is 1.05 bits per heavy atom. The number of aromatic hydroxyl groups is 1. The van der Waals surface area contributed by atoms with Crippen molar-refractivity contribution in [3.8, 4) is 5.75 Å². The van der Waals surface area contributed by atoms with Crippen LogP contribution in [0.2, 0.25) is 15.1 Å². The van der Waals surface area contributed by atoms with Crippen molar-refractivity contribution in [1.29, 1.82) is 0 Å². The molecule has 0 aromatic heterocycles. The van der Waals surface area contributed by atoms with Gasteiger partial charge < -0.3 is 10.4 Å². The lowest BCUT2D eigenvalue weighted by atomic mass is 10.2. The quantitative estimate of drug-likeness (QED) is 0.824. The zero-order valence-electron chi connectivity index (χ0n) is 9.55. The molecular weight excluding hydrogens is 312 g/mol. The molecule has 0 amide bonds. The molecule has 0 aliphatic heterocycles. The number of rotatable bonds is 3. The van der Waals surface area contributed by atoms with Crippen molar-refractivity contribution in [2.24, 2.45) is 0 Å². The minimum absolute atomic E-state index is 0.0446. The van der Waals surface area contributed by atoms with Crippen LogP contribution in [0.1, 0.15) is 5.56 Å². The summed E-state index contributed by atoms with van der Waals surface area (Å²) >= 11 is 17.6. The first-order valence-corrected chi connectivity index (χ1v) is 6.46. The van der Waals surface area contributed by atoms with Gasteiger partial charge >= 0.3 is 0 Å². The van der Waals surface area contributed by atoms with E-state index in [1.807, 2.05) is 0 Å². The van der Waals surface area contributed by atoms with Crippen LogP contribution >= 0.6 is 34.8 Å². The van der Waals surface area contributed by atoms with Gasteiger partial charge in [-0.25, -0.2) is 4.39 Å². The second-order valence-corrected chi connectivity index (χ2v) is 5.12. The molecule has 0 spiro atoms. The Kier molecular flexibility index (Phi) is 4.40. The third-order valence-electron chi connectivity index (χ3n) is 2.51. The van der Waals surface area contributed by atoms with Crippen molar-refractivity contribution in [1.82, 2.24) is 0 Å². The van der Waals surface area contributed by atoms with Crippen molar-refractivity contribution in [2.75, 3.05) is 5.32 Å². The number of hydrogen-bond acceptors (Lipinski definition) is 2. The highest BCUT2D eigenvalue weighted by Crippen LogP contribution is 2.32. The zero-order valence-corrected chi connectivity index (χ0v) is 11.8. The van der Waals surface area contributed by atoms with Crippen LogP contribution in [0.3, 0.4) is 0 Å². The third kappa shape index (κ3) is 3.44. The van der Waals surface area contributed by atoms with E-state index in [1.54, 1.807) is 6.07 Å². The van der Waals surface area contributed by atoms with Crippen LogP contribution in [-0.2, 0) is 6.54 Å². The smallest absolute Gasteiger partial charge is 0.139 e. The molecule has 100 valence electrons. The molecular formula is C13H9Cl3FNO. The summed E-state index contributed by atoms with van der Waals surface area (Å²) in [6.45, 7) is 0.261. The molecule has 0 heterocycles. The van der Waals surface area contributed by atoms with Crippen molar-refractivity contribution >= 4 is 40.5 Å². The summed E-state index contributed by atoms with van der Waals surface area (Å²) in [4.78, 5) is 0.